The Hall–Kier alpha value is -1.92. The number of carbonyl (C=O) groups excluding carboxylic acids is 2. The summed E-state index contributed by atoms with van der Waals surface area (Å²) in [6, 6.07) is 7.42. The number of para-hydroxylation sites is 2. The minimum atomic E-state index is -0.0235. The SMILES string of the molecule is O=C(CN1CCCCC1)Nc1ccccc1NC(=O)CN1CCCCC1. The monoisotopic (exact) mass is 358 g/mol. The van der Waals surface area contributed by atoms with E-state index >= 15 is 0 Å². The van der Waals surface area contributed by atoms with Crippen molar-refractivity contribution >= 4 is 23.2 Å². The number of hydrogen-bond acceptors (Lipinski definition) is 4. The number of hydrogen-bond donors (Lipinski definition) is 2. The average molecular weight is 358 g/mol. The van der Waals surface area contributed by atoms with Gasteiger partial charge >= 0.3 is 0 Å². The number of benzene rings is 1. The molecule has 0 aromatic heterocycles. The highest BCUT2D eigenvalue weighted by atomic mass is 16.2. The lowest BCUT2D eigenvalue weighted by Gasteiger charge is -2.26. The smallest absolute Gasteiger partial charge is 0.238 e. The molecule has 0 aliphatic carbocycles. The Morgan fingerprint density at radius 2 is 1.08 bits per heavy atom. The van der Waals surface area contributed by atoms with E-state index in [1.165, 1.54) is 12.8 Å². The van der Waals surface area contributed by atoms with Gasteiger partial charge in [0.15, 0.2) is 0 Å². The van der Waals surface area contributed by atoms with Crippen LogP contribution in [-0.2, 0) is 9.59 Å². The summed E-state index contributed by atoms with van der Waals surface area (Å²) in [4.78, 5) is 29.1. The Morgan fingerprint density at radius 3 is 1.46 bits per heavy atom. The van der Waals surface area contributed by atoms with Crippen molar-refractivity contribution in [3.05, 3.63) is 24.3 Å². The number of amides is 2. The van der Waals surface area contributed by atoms with Gasteiger partial charge in [-0.3, -0.25) is 19.4 Å². The van der Waals surface area contributed by atoms with Gasteiger partial charge in [0.05, 0.1) is 24.5 Å². The zero-order chi connectivity index (χ0) is 18.2. The van der Waals surface area contributed by atoms with E-state index in [-0.39, 0.29) is 11.8 Å². The Bertz CT molecular complexity index is 555. The van der Waals surface area contributed by atoms with E-state index in [0.717, 1.165) is 51.9 Å². The van der Waals surface area contributed by atoms with Crippen molar-refractivity contribution in [2.24, 2.45) is 0 Å². The second-order valence-electron chi connectivity index (χ2n) is 7.32. The molecule has 0 radical (unpaired) electrons. The van der Waals surface area contributed by atoms with Crippen LogP contribution in [0.25, 0.3) is 0 Å². The summed E-state index contributed by atoms with van der Waals surface area (Å²) < 4.78 is 0. The number of rotatable bonds is 6. The number of piperidine rings is 2. The molecule has 142 valence electrons. The standard InChI is InChI=1S/C20H30N4O2/c25-19(15-23-11-5-1-6-12-23)21-17-9-3-4-10-18(17)22-20(26)16-24-13-7-2-8-14-24/h3-4,9-10H,1-2,5-8,11-16H2,(H,21,25)(H,22,26). The molecular weight excluding hydrogens is 328 g/mol. The zero-order valence-corrected chi connectivity index (χ0v) is 15.5. The minimum Gasteiger partial charge on any atom is -0.323 e. The summed E-state index contributed by atoms with van der Waals surface area (Å²) >= 11 is 0. The van der Waals surface area contributed by atoms with Crippen molar-refractivity contribution in [2.75, 3.05) is 49.9 Å². The van der Waals surface area contributed by atoms with E-state index < -0.39 is 0 Å². The molecule has 2 N–H and O–H groups in total. The van der Waals surface area contributed by atoms with Gasteiger partial charge in [-0.05, 0) is 64.0 Å². The third-order valence-electron chi connectivity index (χ3n) is 5.11. The van der Waals surface area contributed by atoms with Gasteiger partial charge in [-0.1, -0.05) is 25.0 Å². The number of anilines is 2. The van der Waals surface area contributed by atoms with Crippen molar-refractivity contribution in [2.45, 2.75) is 38.5 Å². The molecule has 2 saturated heterocycles. The van der Waals surface area contributed by atoms with E-state index in [1.807, 2.05) is 24.3 Å². The van der Waals surface area contributed by atoms with Gasteiger partial charge in [-0.15, -0.1) is 0 Å². The first-order valence-corrected chi connectivity index (χ1v) is 9.84. The van der Waals surface area contributed by atoms with Crippen LogP contribution >= 0.6 is 0 Å². The lowest BCUT2D eigenvalue weighted by atomic mass is 10.1. The zero-order valence-electron chi connectivity index (χ0n) is 15.5. The Kier molecular flexibility index (Phi) is 7.03. The van der Waals surface area contributed by atoms with Crippen molar-refractivity contribution in [3.63, 3.8) is 0 Å². The molecule has 2 aliphatic heterocycles. The maximum absolute atomic E-state index is 12.4. The molecule has 2 fully saturated rings. The molecule has 2 aliphatic rings. The second kappa shape index (κ2) is 9.69. The quantitative estimate of drug-likeness (QED) is 0.820. The van der Waals surface area contributed by atoms with Crippen LogP contribution in [0, 0.1) is 0 Å². The highest BCUT2D eigenvalue weighted by molar-refractivity contribution is 6.00. The number of nitrogens with one attached hydrogen (secondary N) is 2. The molecule has 1 aromatic carbocycles. The highest BCUT2D eigenvalue weighted by Gasteiger charge is 2.17. The molecule has 0 atom stereocenters. The average Bonchev–Trinajstić information content (AvgIpc) is 2.65. The van der Waals surface area contributed by atoms with Crippen LogP contribution in [0.1, 0.15) is 38.5 Å². The third kappa shape index (κ3) is 5.81. The largest absolute Gasteiger partial charge is 0.323 e. The summed E-state index contributed by atoms with van der Waals surface area (Å²) in [5, 5.41) is 5.92. The third-order valence-corrected chi connectivity index (χ3v) is 5.11. The first kappa shape index (κ1) is 18.9. The maximum Gasteiger partial charge on any atom is 0.238 e. The fourth-order valence-corrected chi connectivity index (χ4v) is 3.72. The fourth-order valence-electron chi connectivity index (χ4n) is 3.72. The predicted molar refractivity (Wildman–Crippen MR) is 104 cm³/mol. The van der Waals surface area contributed by atoms with Crippen molar-refractivity contribution in [1.82, 2.24) is 9.80 Å². The first-order chi connectivity index (χ1) is 12.7. The molecule has 0 bridgehead atoms. The molecule has 26 heavy (non-hydrogen) atoms. The van der Waals surface area contributed by atoms with Crippen molar-refractivity contribution in [3.8, 4) is 0 Å². The van der Waals surface area contributed by atoms with Crippen molar-refractivity contribution in [1.29, 1.82) is 0 Å². The van der Waals surface area contributed by atoms with Gasteiger partial charge < -0.3 is 10.6 Å². The van der Waals surface area contributed by atoms with Crippen LogP contribution in [-0.4, -0.2) is 60.9 Å². The Labute approximate surface area is 155 Å². The van der Waals surface area contributed by atoms with Crippen LogP contribution < -0.4 is 10.6 Å². The Morgan fingerprint density at radius 1 is 0.692 bits per heavy atom. The molecule has 2 amide bonds. The minimum absolute atomic E-state index is 0.0235. The van der Waals surface area contributed by atoms with E-state index in [1.54, 1.807) is 0 Å². The molecule has 1 aromatic rings. The van der Waals surface area contributed by atoms with Gasteiger partial charge in [-0.2, -0.15) is 0 Å². The predicted octanol–water partition coefficient (Wildman–Crippen LogP) is 2.54. The number of likely N-dealkylation sites (tertiary alicyclic amines) is 2. The maximum atomic E-state index is 12.4. The lowest BCUT2D eigenvalue weighted by Crippen LogP contribution is -2.37. The number of carbonyl (C=O) groups is 2. The van der Waals surface area contributed by atoms with Gasteiger partial charge in [0.2, 0.25) is 11.8 Å². The first-order valence-electron chi connectivity index (χ1n) is 9.84. The van der Waals surface area contributed by atoms with E-state index in [0.29, 0.717) is 24.5 Å². The van der Waals surface area contributed by atoms with Crippen LogP contribution in [0.2, 0.25) is 0 Å². The van der Waals surface area contributed by atoms with Gasteiger partial charge in [0.25, 0.3) is 0 Å². The fraction of sp³-hybridized carbons (Fsp3) is 0.600. The molecule has 0 unspecified atom stereocenters. The molecule has 0 spiro atoms. The van der Waals surface area contributed by atoms with Crippen LogP contribution in [0.4, 0.5) is 11.4 Å². The van der Waals surface area contributed by atoms with E-state index in [9.17, 15) is 9.59 Å². The highest BCUT2D eigenvalue weighted by Crippen LogP contribution is 2.21. The summed E-state index contributed by atoms with van der Waals surface area (Å²) in [5.74, 6) is -0.0470. The van der Waals surface area contributed by atoms with Crippen LogP contribution in [0.3, 0.4) is 0 Å². The van der Waals surface area contributed by atoms with E-state index in [2.05, 4.69) is 20.4 Å². The Balaban J connectivity index is 1.53. The summed E-state index contributed by atoms with van der Waals surface area (Å²) in [5.41, 5.74) is 1.34. The molecule has 6 heteroatoms. The van der Waals surface area contributed by atoms with E-state index in [4.69, 9.17) is 0 Å². The van der Waals surface area contributed by atoms with Gasteiger partial charge in [-0.25, -0.2) is 0 Å². The lowest BCUT2D eigenvalue weighted by molar-refractivity contribution is -0.118. The van der Waals surface area contributed by atoms with Crippen molar-refractivity contribution < 1.29 is 9.59 Å². The van der Waals surface area contributed by atoms with Gasteiger partial charge in [0, 0.05) is 0 Å². The summed E-state index contributed by atoms with van der Waals surface area (Å²) in [6.45, 7) is 4.78. The van der Waals surface area contributed by atoms with Gasteiger partial charge in [0.1, 0.15) is 0 Å². The van der Waals surface area contributed by atoms with Crippen LogP contribution in [0.15, 0.2) is 24.3 Å². The summed E-state index contributed by atoms with van der Waals surface area (Å²) in [6.07, 6.45) is 7.16. The molecule has 0 saturated carbocycles. The molecule has 6 nitrogen and oxygen atoms in total. The topological polar surface area (TPSA) is 64.7 Å². The molecular formula is C20H30N4O2. The summed E-state index contributed by atoms with van der Waals surface area (Å²) in [7, 11) is 0. The number of nitrogens with zero attached hydrogens (tertiary/aromatic N) is 2. The normalized spacial score (nSPS) is 19.1. The molecule has 3 rings (SSSR count). The second-order valence-corrected chi connectivity index (χ2v) is 7.32. The molecule has 2 heterocycles. The van der Waals surface area contributed by atoms with Crippen LogP contribution in [0.5, 0.6) is 0 Å².